The van der Waals surface area contributed by atoms with Crippen molar-refractivity contribution >= 4 is 17.5 Å². The largest absolute Gasteiger partial charge is 0.497 e. The molecule has 0 unspecified atom stereocenters. The normalized spacial score (nSPS) is 14.1. The molecular weight excluding hydrogens is 424 g/mol. The van der Waals surface area contributed by atoms with Crippen molar-refractivity contribution in [1.82, 2.24) is 15.0 Å². The van der Waals surface area contributed by atoms with Gasteiger partial charge in [-0.25, -0.2) is 0 Å². The third-order valence-electron chi connectivity index (χ3n) is 5.70. The Labute approximate surface area is 191 Å². The number of aromatic nitrogens is 2. The number of hydrogen-bond donors (Lipinski definition) is 1. The number of hydrogen-bond acceptors (Lipinski definition) is 7. The number of ether oxygens (including phenoxy) is 2. The third kappa shape index (κ3) is 4.97. The van der Waals surface area contributed by atoms with Crippen LogP contribution in [0.3, 0.4) is 0 Å². The number of likely N-dealkylation sites (tertiary alicyclic amines) is 1. The first-order valence-corrected chi connectivity index (χ1v) is 10.7. The van der Waals surface area contributed by atoms with E-state index >= 15 is 0 Å². The molecule has 4 rings (SSSR count). The van der Waals surface area contributed by atoms with Gasteiger partial charge in [-0.2, -0.15) is 4.98 Å². The number of benzene rings is 2. The molecule has 2 amide bonds. The second-order valence-corrected chi connectivity index (χ2v) is 7.84. The van der Waals surface area contributed by atoms with Crippen molar-refractivity contribution in [2.24, 2.45) is 5.92 Å². The van der Waals surface area contributed by atoms with Gasteiger partial charge in [0.1, 0.15) is 11.5 Å². The molecule has 9 nitrogen and oxygen atoms in total. The molecule has 0 aliphatic carbocycles. The van der Waals surface area contributed by atoms with Gasteiger partial charge in [-0.05, 0) is 37.1 Å². The number of carbonyl (C=O) groups is 2. The molecule has 3 aromatic rings. The lowest BCUT2D eigenvalue weighted by molar-refractivity contribution is -0.121. The van der Waals surface area contributed by atoms with E-state index in [1.54, 1.807) is 44.2 Å². The van der Waals surface area contributed by atoms with E-state index in [9.17, 15) is 9.59 Å². The predicted octanol–water partition coefficient (Wildman–Crippen LogP) is 3.55. The number of methoxy groups -OCH3 is 2. The predicted molar refractivity (Wildman–Crippen MR) is 121 cm³/mol. The molecule has 1 aliphatic heterocycles. The molecular formula is C24H26N4O5. The molecule has 0 radical (unpaired) electrons. The Balaban J connectivity index is 1.40. The summed E-state index contributed by atoms with van der Waals surface area (Å²) in [6.07, 6.45) is 1.14. The van der Waals surface area contributed by atoms with Crippen LogP contribution < -0.4 is 14.8 Å². The molecule has 172 valence electrons. The smallest absolute Gasteiger partial charge is 0.254 e. The zero-order valence-corrected chi connectivity index (χ0v) is 18.8. The first kappa shape index (κ1) is 22.3. The fraction of sp³-hybridized carbons (Fsp3) is 0.333. The molecule has 1 saturated heterocycles. The lowest BCUT2D eigenvalue weighted by atomic mass is 9.95. The summed E-state index contributed by atoms with van der Waals surface area (Å²) in [4.78, 5) is 32.0. The highest BCUT2D eigenvalue weighted by Crippen LogP contribution is 2.28. The van der Waals surface area contributed by atoms with Gasteiger partial charge in [0.25, 0.3) is 5.91 Å². The molecule has 0 atom stereocenters. The van der Waals surface area contributed by atoms with Gasteiger partial charge in [-0.1, -0.05) is 17.3 Å². The summed E-state index contributed by atoms with van der Waals surface area (Å²) in [6.45, 7) is 2.69. The van der Waals surface area contributed by atoms with Crippen LogP contribution in [-0.2, 0) is 4.79 Å². The molecule has 1 aliphatic rings. The van der Waals surface area contributed by atoms with Gasteiger partial charge < -0.3 is 24.2 Å². The van der Waals surface area contributed by atoms with Crippen LogP contribution in [0.2, 0.25) is 0 Å². The monoisotopic (exact) mass is 450 g/mol. The van der Waals surface area contributed by atoms with E-state index in [1.807, 2.05) is 24.3 Å². The van der Waals surface area contributed by atoms with Gasteiger partial charge in [0, 0.05) is 43.1 Å². The highest BCUT2D eigenvalue weighted by molar-refractivity contribution is 5.97. The van der Waals surface area contributed by atoms with Crippen LogP contribution in [0, 0.1) is 12.8 Å². The standard InChI is InChI=1S/C24H26N4O5/c1-15-25-22(27-33-15)20-6-4-5-7-21(20)26-23(29)16-8-10-28(11-9-16)24(30)17-12-18(31-2)14-19(13-17)32-3/h4-7,12-14,16H,8-11H2,1-3H3,(H,26,29). The van der Waals surface area contributed by atoms with Crippen molar-refractivity contribution in [2.45, 2.75) is 19.8 Å². The fourth-order valence-electron chi connectivity index (χ4n) is 3.89. The number of nitrogens with zero attached hydrogens (tertiary/aromatic N) is 3. The number of anilines is 1. The zero-order chi connectivity index (χ0) is 23.4. The minimum Gasteiger partial charge on any atom is -0.497 e. The average Bonchev–Trinajstić information content (AvgIpc) is 3.29. The van der Waals surface area contributed by atoms with Crippen molar-refractivity contribution in [1.29, 1.82) is 0 Å². The second kappa shape index (κ2) is 9.72. The van der Waals surface area contributed by atoms with Crippen LogP contribution in [0.4, 0.5) is 5.69 Å². The summed E-state index contributed by atoms with van der Waals surface area (Å²) in [5, 5.41) is 6.95. The van der Waals surface area contributed by atoms with E-state index < -0.39 is 0 Å². The molecule has 2 aromatic carbocycles. The minimum atomic E-state index is -0.200. The zero-order valence-electron chi connectivity index (χ0n) is 18.8. The number of piperidine rings is 1. The molecule has 0 bridgehead atoms. The van der Waals surface area contributed by atoms with Crippen LogP contribution in [0.1, 0.15) is 29.1 Å². The highest BCUT2D eigenvalue weighted by atomic mass is 16.5. The van der Waals surface area contributed by atoms with Gasteiger partial charge in [0.05, 0.1) is 19.9 Å². The lowest BCUT2D eigenvalue weighted by Gasteiger charge is -2.31. The third-order valence-corrected chi connectivity index (χ3v) is 5.70. The quantitative estimate of drug-likeness (QED) is 0.612. The Bertz CT molecular complexity index is 1130. The Morgan fingerprint density at radius 3 is 2.33 bits per heavy atom. The maximum atomic E-state index is 13.0. The number of para-hydroxylation sites is 1. The van der Waals surface area contributed by atoms with E-state index in [0.717, 1.165) is 0 Å². The summed E-state index contributed by atoms with van der Waals surface area (Å²) < 4.78 is 15.6. The molecule has 2 heterocycles. The van der Waals surface area contributed by atoms with Crippen molar-refractivity contribution in [3.63, 3.8) is 0 Å². The number of aryl methyl sites for hydroxylation is 1. The molecule has 0 spiro atoms. The van der Waals surface area contributed by atoms with Gasteiger partial charge >= 0.3 is 0 Å². The maximum Gasteiger partial charge on any atom is 0.254 e. The van der Waals surface area contributed by atoms with Crippen molar-refractivity contribution in [3.05, 3.63) is 53.9 Å². The Morgan fingerprint density at radius 1 is 1.06 bits per heavy atom. The van der Waals surface area contributed by atoms with E-state index in [2.05, 4.69) is 15.5 Å². The molecule has 0 saturated carbocycles. The topological polar surface area (TPSA) is 107 Å². The van der Waals surface area contributed by atoms with Gasteiger partial charge in [0.2, 0.25) is 17.6 Å². The fourth-order valence-corrected chi connectivity index (χ4v) is 3.89. The molecule has 33 heavy (non-hydrogen) atoms. The van der Waals surface area contributed by atoms with Crippen molar-refractivity contribution < 1.29 is 23.6 Å². The van der Waals surface area contributed by atoms with E-state index in [-0.39, 0.29) is 17.7 Å². The summed E-state index contributed by atoms with van der Waals surface area (Å²) in [5.41, 5.74) is 1.83. The number of nitrogens with one attached hydrogen (secondary N) is 1. The molecule has 1 N–H and O–H groups in total. The maximum absolute atomic E-state index is 13.0. The molecule has 1 fully saturated rings. The van der Waals surface area contributed by atoms with Crippen LogP contribution in [0.15, 0.2) is 47.0 Å². The van der Waals surface area contributed by atoms with E-state index in [4.69, 9.17) is 14.0 Å². The summed E-state index contributed by atoms with van der Waals surface area (Å²) in [6, 6.07) is 12.5. The molecule has 1 aromatic heterocycles. The van der Waals surface area contributed by atoms with Gasteiger partial charge in [-0.15, -0.1) is 0 Å². The van der Waals surface area contributed by atoms with Crippen molar-refractivity contribution in [3.8, 4) is 22.9 Å². The summed E-state index contributed by atoms with van der Waals surface area (Å²) in [7, 11) is 3.09. The number of amides is 2. The van der Waals surface area contributed by atoms with Crippen LogP contribution in [-0.4, -0.2) is 54.2 Å². The second-order valence-electron chi connectivity index (χ2n) is 7.84. The van der Waals surface area contributed by atoms with Crippen molar-refractivity contribution in [2.75, 3.05) is 32.6 Å². The SMILES string of the molecule is COc1cc(OC)cc(C(=O)N2CCC(C(=O)Nc3ccccc3-c3noc(C)n3)CC2)c1. The Kier molecular flexibility index (Phi) is 6.58. The van der Waals surface area contributed by atoms with Gasteiger partial charge in [-0.3, -0.25) is 9.59 Å². The highest BCUT2D eigenvalue weighted by Gasteiger charge is 2.29. The van der Waals surface area contributed by atoms with Crippen LogP contribution in [0.25, 0.3) is 11.4 Å². The summed E-state index contributed by atoms with van der Waals surface area (Å²) in [5.74, 6) is 1.61. The van der Waals surface area contributed by atoms with E-state index in [0.29, 0.717) is 66.0 Å². The minimum absolute atomic E-state index is 0.0854. The molecule has 9 heteroatoms. The average molecular weight is 450 g/mol. The first-order chi connectivity index (χ1) is 16.0. The van der Waals surface area contributed by atoms with Crippen LogP contribution in [0.5, 0.6) is 11.5 Å². The number of rotatable bonds is 6. The Hall–Kier alpha value is -3.88. The van der Waals surface area contributed by atoms with E-state index in [1.165, 1.54) is 0 Å². The lowest BCUT2D eigenvalue weighted by Crippen LogP contribution is -2.41. The first-order valence-electron chi connectivity index (χ1n) is 10.7. The summed E-state index contributed by atoms with van der Waals surface area (Å²) >= 11 is 0. The number of carbonyl (C=O) groups excluding carboxylic acids is 2. The van der Waals surface area contributed by atoms with Crippen LogP contribution >= 0.6 is 0 Å². The Morgan fingerprint density at radius 2 is 1.73 bits per heavy atom. The van der Waals surface area contributed by atoms with Gasteiger partial charge in [0.15, 0.2) is 0 Å².